The van der Waals surface area contributed by atoms with Gasteiger partial charge in [-0.15, -0.1) is 0 Å². The minimum atomic E-state index is -0.418. The van der Waals surface area contributed by atoms with Gasteiger partial charge in [0.2, 0.25) is 5.91 Å². The molecule has 1 atom stereocenters. The van der Waals surface area contributed by atoms with Crippen LogP contribution in [0.25, 0.3) is 0 Å². The summed E-state index contributed by atoms with van der Waals surface area (Å²) in [5.74, 6) is 0.303. The summed E-state index contributed by atoms with van der Waals surface area (Å²) in [5, 5.41) is 3.16. The first-order chi connectivity index (χ1) is 9.52. The molecule has 0 aromatic heterocycles. The summed E-state index contributed by atoms with van der Waals surface area (Å²) in [6.07, 6.45) is 1.05. The summed E-state index contributed by atoms with van der Waals surface area (Å²) in [5.41, 5.74) is 2.15. The molecule has 1 aromatic rings. The van der Waals surface area contributed by atoms with Crippen molar-refractivity contribution in [2.45, 2.75) is 45.6 Å². The van der Waals surface area contributed by atoms with Crippen LogP contribution in [-0.4, -0.2) is 29.3 Å². The Morgan fingerprint density at radius 3 is 2.45 bits per heavy atom. The minimum Gasteiger partial charge on any atom is -0.373 e. The van der Waals surface area contributed by atoms with Crippen LogP contribution >= 0.6 is 0 Å². The van der Waals surface area contributed by atoms with Crippen LogP contribution in [0.1, 0.15) is 45.1 Å². The number of carbonyl (C=O) groups excluding carboxylic acids is 2. The Morgan fingerprint density at radius 2 is 1.90 bits per heavy atom. The molecule has 4 heteroatoms. The maximum atomic E-state index is 12.1. The van der Waals surface area contributed by atoms with Crippen molar-refractivity contribution in [2.75, 3.05) is 11.9 Å². The number of rotatable bonds is 5. The largest absolute Gasteiger partial charge is 0.373 e. The normalized spacial score (nSPS) is 19.0. The molecule has 1 aliphatic rings. The lowest BCUT2D eigenvalue weighted by atomic mass is 10.0. The molecule has 2 rings (SSSR count). The van der Waals surface area contributed by atoms with Crippen molar-refractivity contribution >= 4 is 17.5 Å². The van der Waals surface area contributed by atoms with E-state index in [0.717, 1.165) is 12.1 Å². The third-order valence-corrected chi connectivity index (χ3v) is 3.61. The molecule has 0 aliphatic carbocycles. The van der Waals surface area contributed by atoms with Gasteiger partial charge in [0, 0.05) is 12.2 Å². The fourth-order valence-corrected chi connectivity index (χ4v) is 2.42. The highest BCUT2D eigenvalue weighted by atomic mass is 16.2. The van der Waals surface area contributed by atoms with Gasteiger partial charge in [0.05, 0.1) is 6.42 Å². The summed E-state index contributed by atoms with van der Waals surface area (Å²) in [6, 6.07) is 7.63. The lowest BCUT2D eigenvalue weighted by Gasteiger charge is -2.15. The standard InChI is InChI=1S/C16H22N2O2/c1-4-9-18-15(19)10-14(16(18)20)17-13-7-5-12(6-8-13)11(2)3/h5-8,11,14,17H,4,9-10H2,1-3H3. The van der Waals surface area contributed by atoms with Crippen molar-refractivity contribution in [3.8, 4) is 0 Å². The maximum absolute atomic E-state index is 12.1. The van der Waals surface area contributed by atoms with Gasteiger partial charge in [-0.2, -0.15) is 0 Å². The Labute approximate surface area is 120 Å². The number of imide groups is 1. The van der Waals surface area contributed by atoms with Crippen molar-refractivity contribution in [2.24, 2.45) is 0 Å². The van der Waals surface area contributed by atoms with E-state index in [1.54, 1.807) is 0 Å². The Hall–Kier alpha value is -1.84. The number of anilines is 1. The summed E-state index contributed by atoms with van der Waals surface area (Å²) in [7, 11) is 0. The third kappa shape index (κ3) is 3.00. The van der Waals surface area contributed by atoms with E-state index in [1.807, 2.05) is 19.1 Å². The fourth-order valence-electron chi connectivity index (χ4n) is 2.42. The number of carbonyl (C=O) groups is 2. The molecular formula is C16H22N2O2. The number of amides is 2. The molecule has 108 valence electrons. The first-order valence-electron chi connectivity index (χ1n) is 7.23. The van der Waals surface area contributed by atoms with E-state index in [0.29, 0.717) is 12.5 Å². The fraction of sp³-hybridized carbons (Fsp3) is 0.500. The molecule has 1 N–H and O–H groups in total. The van der Waals surface area contributed by atoms with E-state index < -0.39 is 6.04 Å². The molecule has 0 bridgehead atoms. The van der Waals surface area contributed by atoms with Crippen molar-refractivity contribution in [1.29, 1.82) is 0 Å². The molecule has 0 saturated carbocycles. The van der Waals surface area contributed by atoms with Gasteiger partial charge < -0.3 is 5.32 Å². The van der Waals surface area contributed by atoms with Crippen LogP contribution in [0.2, 0.25) is 0 Å². The Kier molecular flexibility index (Phi) is 4.42. The van der Waals surface area contributed by atoms with E-state index in [9.17, 15) is 9.59 Å². The highest BCUT2D eigenvalue weighted by Crippen LogP contribution is 2.21. The molecule has 0 radical (unpaired) electrons. The van der Waals surface area contributed by atoms with Crippen LogP contribution in [0.3, 0.4) is 0 Å². The van der Waals surface area contributed by atoms with Crippen LogP contribution in [-0.2, 0) is 9.59 Å². The lowest BCUT2D eigenvalue weighted by Crippen LogP contribution is -2.35. The molecule has 1 fully saturated rings. The van der Waals surface area contributed by atoms with Gasteiger partial charge in [-0.1, -0.05) is 32.9 Å². The highest BCUT2D eigenvalue weighted by molar-refractivity contribution is 6.06. The van der Waals surface area contributed by atoms with E-state index in [1.165, 1.54) is 10.5 Å². The topological polar surface area (TPSA) is 49.4 Å². The number of benzene rings is 1. The van der Waals surface area contributed by atoms with Crippen molar-refractivity contribution in [3.05, 3.63) is 29.8 Å². The Balaban J connectivity index is 2.03. The third-order valence-electron chi connectivity index (χ3n) is 3.61. The van der Waals surface area contributed by atoms with Crippen molar-refractivity contribution in [3.63, 3.8) is 0 Å². The zero-order valence-corrected chi connectivity index (χ0v) is 12.3. The van der Waals surface area contributed by atoms with Crippen LogP contribution in [0.15, 0.2) is 24.3 Å². The summed E-state index contributed by atoms with van der Waals surface area (Å²) >= 11 is 0. The van der Waals surface area contributed by atoms with Crippen LogP contribution in [0, 0.1) is 0 Å². The van der Waals surface area contributed by atoms with Crippen molar-refractivity contribution in [1.82, 2.24) is 4.90 Å². The molecule has 20 heavy (non-hydrogen) atoms. The van der Waals surface area contributed by atoms with Crippen LogP contribution in [0.4, 0.5) is 5.69 Å². The van der Waals surface area contributed by atoms with Crippen LogP contribution in [0.5, 0.6) is 0 Å². The van der Waals surface area contributed by atoms with Gasteiger partial charge in [0.15, 0.2) is 0 Å². The first-order valence-corrected chi connectivity index (χ1v) is 7.23. The van der Waals surface area contributed by atoms with E-state index in [-0.39, 0.29) is 18.2 Å². The second-order valence-electron chi connectivity index (χ2n) is 5.56. The Morgan fingerprint density at radius 1 is 1.25 bits per heavy atom. The number of hydrogen-bond acceptors (Lipinski definition) is 3. The minimum absolute atomic E-state index is 0.0758. The lowest BCUT2D eigenvalue weighted by molar-refractivity contribution is -0.138. The average Bonchev–Trinajstić information content (AvgIpc) is 2.67. The molecule has 2 amide bonds. The molecule has 0 spiro atoms. The molecule has 1 aliphatic heterocycles. The predicted molar refractivity (Wildman–Crippen MR) is 79.6 cm³/mol. The quantitative estimate of drug-likeness (QED) is 0.840. The SMILES string of the molecule is CCCN1C(=O)CC(Nc2ccc(C(C)C)cc2)C1=O. The predicted octanol–water partition coefficient (Wildman–Crippen LogP) is 2.76. The van der Waals surface area contributed by atoms with Gasteiger partial charge in [0.25, 0.3) is 5.91 Å². The smallest absolute Gasteiger partial charge is 0.252 e. The van der Waals surface area contributed by atoms with Gasteiger partial charge in [-0.3, -0.25) is 14.5 Å². The second kappa shape index (κ2) is 6.07. The molecule has 1 unspecified atom stereocenters. The Bertz CT molecular complexity index is 494. The van der Waals surface area contributed by atoms with Gasteiger partial charge in [0.1, 0.15) is 6.04 Å². The van der Waals surface area contributed by atoms with Crippen molar-refractivity contribution < 1.29 is 9.59 Å². The van der Waals surface area contributed by atoms with Gasteiger partial charge >= 0.3 is 0 Å². The number of likely N-dealkylation sites (tertiary alicyclic amines) is 1. The van der Waals surface area contributed by atoms with Gasteiger partial charge in [-0.05, 0) is 30.0 Å². The second-order valence-corrected chi connectivity index (χ2v) is 5.56. The molecule has 1 aromatic carbocycles. The number of hydrogen-bond donors (Lipinski definition) is 1. The zero-order valence-electron chi connectivity index (χ0n) is 12.3. The van der Waals surface area contributed by atoms with E-state index >= 15 is 0 Å². The highest BCUT2D eigenvalue weighted by Gasteiger charge is 2.37. The van der Waals surface area contributed by atoms with Crippen LogP contribution < -0.4 is 5.32 Å². The number of nitrogens with one attached hydrogen (secondary N) is 1. The molecule has 1 heterocycles. The summed E-state index contributed by atoms with van der Waals surface area (Å²) in [4.78, 5) is 25.3. The maximum Gasteiger partial charge on any atom is 0.252 e. The summed E-state index contributed by atoms with van der Waals surface area (Å²) < 4.78 is 0. The molecule has 4 nitrogen and oxygen atoms in total. The number of nitrogens with zero attached hydrogens (tertiary/aromatic N) is 1. The molecular weight excluding hydrogens is 252 g/mol. The molecule has 1 saturated heterocycles. The monoisotopic (exact) mass is 274 g/mol. The van der Waals surface area contributed by atoms with E-state index in [2.05, 4.69) is 31.3 Å². The van der Waals surface area contributed by atoms with E-state index in [4.69, 9.17) is 0 Å². The summed E-state index contributed by atoms with van der Waals surface area (Å²) in [6.45, 7) is 6.77. The average molecular weight is 274 g/mol. The van der Waals surface area contributed by atoms with Gasteiger partial charge in [-0.25, -0.2) is 0 Å². The zero-order chi connectivity index (χ0) is 14.7. The first kappa shape index (κ1) is 14.6.